The number of para-hydroxylation sites is 1. The molecule has 1 aliphatic heterocycles. The normalized spacial score (nSPS) is 15.2. The van der Waals surface area contributed by atoms with Crippen LogP contribution in [0.3, 0.4) is 0 Å². The summed E-state index contributed by atoms with van der Waals surface area (Å²) in [5.41, 5.74) is 2.69. The van der Waals surface area contributed by atoms with Crippen LogP contribution in [0.1, 0.15) is 12.5 Å². The van der Waals surface area contributed by atoms with Crippen LogP contribution >= 0.6 is 0 Å². The number of hydrogen-bond acceptors (Lipinski definition) is 3. The molecule has 2 aromatic carbocycles. The number of halogens is 1. The molecule has 1 saturated heterocycles. The molecule has 5 heteroatoms. The number of carbonyl (C=O) groups is 1. The Morgan fingerprint density at radius 2 is 1.84 bits per heavy atom. The Hall–Kier alpha value is -2.40. The number of anilines is 2. The largest absolute Gasteiger partial charge is 0.367 e. The first-order valence-electron chi connectivity index (χ1n) is 8.76. The Morgan fingerprint density at radius 3 is 2.56 bits per heavy atom. The van der Waals surface area contributed by atoms with E-state index in [0.717, 1.165) is 38.3 Å². The minimum atomic E-state index is -0.190. The maximum atomic E-state index is 13.9. The van der Waals surface area contributed by atoms with Gasteiger partial charge in [-0.05, 0) is 36.2 Å². The van der Waals surface area contributed by atoms with Crippen LogP contribution in [-0.2, 0) is 11.2 Å². The van der Waals surface area contributed by atoms with Gasteiger partial charge in [0.1, 0.15) is 5.82 Å². The molecule has 3 rings (SSSR count). The Balaban J connectivity index is 1.50. The molecule has 0 saturated carbocycles. The lowest BCUT2D eigenvalue weighted by atomic mass is 10.1. The molecule has 4 nitrogen and oxygen atoms in total. The highest BCUT2D eigenvalue weighted by molar-refractivity contribution is 5.92. The van der Waals surface area contributed by atoms with E-state index in [4.69, 9.17) is 0 Å². The molecule has 1 amide bonds. The second-order valence-corrected chi connectivity index (χ2v) is 6.32. The fraction of sp³-hybridized carbons (Fsp3) is 0.350. The van der Waals surface area contributed by atoms with E-state index < -0.39 is 0 Å². The molecule has 2 aromatic rings. The standard InChI is InChI=1S/C20H24FN3O/c1-2-16-6-5-7-17(14-16)22-20(25)15-23-10-12-24(13-11-23)19-9-4-3-8-18(19)21/h3-9,14H,2,10-13,15H2,1H3,(H,22,25). The van der Waals surface area contributed by atoms with E-state index in [1.807, 2.05) is 29.2 Å². The Morgan fingerprint density at radius 1 is 1.08 bits per heavy atom. The third kappa shape index (κ3) is 4.57. The van der Waals surface area contributed by atoms with Gasteiger partial charge in [0.05, 0.1) is 12.2 Å². The Kier molecular flexibility index (Phi) is 5.66. The highest BCUT2D eigenvalue weighted by Crippen LogP contribution is 2.20. The van der Waals surface area contributed by atoms with Gasteiger partial charge in [0.2, 0.25) is 5.91 Å². The van der Waals surface area contributed by atoms with Crippen LogP contribution in [-0.4, -0.2) is 43.5 Å². The fourth-order valence-electron chi connectivity index (χ4n) is 3.13. The highest BCUT2D eigenvalue weighted by Gasteiger charge is 2.20. The van der Waals surface area contributed by atoms with Gasteiger partial charge in [-0.3, -0.25) is 9.69 Å². The van der Waals surface area contributed by atoms with Gasteiger partial charge < -0.3 is 10.2 Å². The molecule has 0 aromatic heterocycles. The molecule has 1 N–H and O–H groups in total. The van der Waals surface area contributed by atoms with Crippen molar-refractivity contribution in [2.75, 3.05) is 42.9 Å². The van der Waals surface area contributed by atoms with Crippen molar-refractivity contribution in [2.24, 2.45) is 0 Å². The maximum absolute atomic E-state index is 13.9. The van der Waals surface area contributed by atoms with E-state index in [1.165, 1.54) is 11.6 Å². The van der Waals surface area contributed by atoms with Crippen molar-refractivity contribution < 1.29 is 9.18 Å². The first kappa shape index (κ1) is 17.4. The number of amides is 1. The number of benzene rings is 2. The third-order valence-electron chi connectivity index (χ3n) is 4.55. The number of nitrogens with zero attached hydrogens (tertiary/aromatic N) is 2. The molecule has 0 atom stereocenters. The van der Waals surface area contributed by atoms with E-state index in [1.54, 1.807) is 12.1 Å². The second kappa shape index (κ2) is 8.12. The molecular formula is C20H24FN3O. The summed E-state index contributed by atoms with van der Waals surface area (Å²) in [5.74, 6) is -0.197. The summed E-state index contributed by atoms with van der Waals surface area (Å²) in [6.45, 7) is 5.39. The summed E-state index contributed by atoms with van der Waals surface area (Å²) in [5, 5.41) is 2.96. The van der Waals surface area contributed by atoms with Crippen molar-refractivity contribution in [3.8, 4) is 0 Å². The predicted octanol–water partition coefficient (Wildman–Crippen LogP) is 3.15. The number of carbonyl (C=O) groups excluding carboxylic acids is 1. The van der Waals surface area contributed by atoms with Crippen LogP contribution in [0, 0.1) is 5.82 Å². The lowest BCUT2D eigenvalue weighted by molar-refractivity contribution is -0.117. The molecule has 0 radical (unpaired) electrons. The first-order valence-corrected chi connectivity index (χ1v) is 8.76. The summed E-state index contributed by atoms with van der Waals surface area (Å²) in [7, 11) is 0. The van der Waals surface area contributed by atoms with E-state index in [-0.39, 0.29) is 11.7 Å². The molecule has 1 aliphatic rings. The smallest absolute Gasteiger partial charge is 0.238 e. The van der Waals surface area contributed by atoms with Crippen molar-refractivity contribution in [3.63, 3.8) is 0 Å². The zero-order valence-electron chi connectivity index (χ0n) is 14.5. The van der Waals surface area contributed by atoms with E-state index in [2.05, 4.69) is 23.2 Å². The van der Waals surface area contributed by atoms with Crippen LogP contribution in [0.2, 0.25) is 0 Å². The zero-order chi connectivity index (χ0) is 17.6. The van der Waals surface area contributed by atoms with Gasteiger partial charge >= 0.3 is 0 Å². The van der Waals surface area contributed by atoms with Crippen molar-refractivity contribution in [1.29, 1.82) is 0 Å². The molecule has 132 valence electrons. The molecule has 25 heavy (non-hydrogen) atoms. The van der Waals surface area contributed by atoms with Gasteiger partial charge in [0.25, 0.3) is 0 Å². The molecular weight excluding hydrogens is 317 g/mol. The first-order chi connectivity index (χ1) is 12.2. The van der Waals surface area contributed by atoms with E-state index >= 15 is 0 Å². The van der Waals surface area contributed by atoms with Crippen LogP contribution in [0.25, 0.3) is 0 Å². The molecule has 1 fully saturated rings. The van der Waals surface area contributed by atoms with Crippen LogP contribution in [0.5, 0.6) is 0 Å². The fourth-order valence-corrected chi connectivity index (χ4v) is 3.13. The maximum Gasteiger partial charge on any atom is 0.238 e. The summed E-state index contributed by atoms with van der Waals surface area (Å²) in [6.07, 6.45) is 0.946. The molecule has 0 aliphatic carbocycles. The molecule has 0 spiro atoms. The van der Waals surface area contributed by atoms with Gasteiger partial charge in [-0.1, -0.05) is 31.2 Å². The molecule has 0 unspecified atom stereocenters. The van der Waals surface area contributed by atoms with Crippen molar-refractivity contribution >= 4 is 17.3 Å². The lowest BCUT2D eigenvalue weighted by Crippen LogP contribution is -2.48. The molecule has 0 bridgehead atoms. The Bertz CT molecular complexity index is 726. The topological polar surface area (TPSA) is 35.6 Å². The minimum Gasteiger partial charge on any atom is -0.367 e. The minimum absolute atomic E-state index is 0.00686. The SMILES string of the molecule is CCc1cccc(NC(=O)CN2CCN(c3ccccc3F)CC2)c1. The number of aryl methyl sites for hydroxylation is 1. The van der Waals surface area contributed by atoms with E-state index in [9.17, 15) is 9.18 Å². The van der Waals surface area contributed by atoms with Gasteiger partial charge in [0, 0.05) is 31.9 Å². The van der Waals surface area contributed by atoms with Gasteiger partial charge in [-0.2, -0.15) is 0 Å². The van der Waals surface area contributed by atoms with Crippen molar-refractivity contribution in [3.05, 3.63) is 59.9 Å². The van der Waals surface area contributed by atoms with Crippen molar-refractivity contribution in [2.45, 2.75) is 13.3 Å². The zero-order valence-corrected chi connectivity index (χ0v) is 14.5. The second-order valence-electron chi connectivity index (χ2n) is 6.32. The highest BCUT2D eigenvalue weighted by atomic mass is 19.1. The number of rotatable bonds is 5. The molecule has 1 heterocycles. The van der Waals surface area contributed by atoms with Crippen LogP contribution < -0.4 is 10.2 Å². The summed E-state index contributed by atoms with van der Waals surface area (Å²) in [6, 6.07) is 14.8. The summed E-state index contributed by atoms with van der Waals surface area (Å²) < 4.78 is 13.9. The summed E-state index contributed by atoms with van der Waals surface area (Å²) >= 11 is 0. The average Bonchev–Trinajstić information content (AvgIpc) is 2.63. The third-order valence-corrected chi connectivity index (χ3v) is 4.55. The quantitative estimate of drug-likeness (QED) is 0.907. The van der Waals surface area contributed by atoms with Crippen LogP contribution in [0.15, 0.2) is 48.5 Å². The summed E-state index contributed by atoms with van der Waals surface area (Å²) in [4.78, 5) is 16.4. The number of piperazine rings is 1. The van der Waals surface area contributed by atoms with E-state index in [0.29, 0.717) is 12.2 Å². The van der Waals surface area contributed by atoms with Gasteiger partial charge in [-0.25, -0.2) is 4.39 Å². The van der Waals surface area contributed by atoms with Crippen molar-refractivity contribution in [1.82, 2.24) is 4.90 Å². The average molecular weight is 341 g/mol. The van der Waals surface area contributed by atoms with Gasteiger partial charge in [-0.15, -0.1) is 0 Å². The number of nitrogens with one attached hydrogen (secondary N) is 1. The lowest BCUT2D eigenvalue weighted by Gasteiger charge is -2.35. The monoisotopic (exact) mass is 341 g/mol. The Labute approximate surface area is 148 Å². The predicted molar refractivity (Wildman–Crippen MR) is 99.5 cm³/mol. The van der Waals surface area contributed by atoms with Gasteiger partial charge in [0.15, 0.2) is 0 Å². The number of hydrogen-bond donors (Lipinski definition) is 1. The van der Waals surface area contributed by atoms with Crippen LogP contribution in [0.4, 0.5) is 15.8 Å².